The van der Waals surface area contributed by atoms with E-state index in [-0.39, 0.29) is 5.91 Å². The first-order valence-electron chi connectivity index (χ1n) is 9.76. The van der Waals surface area contributed by atoms with Crippen LogP contribution < -0.4 is 10.2 Å². The van der Waals surface area contributed by atoms with Crippen molar-refractivity contribution in [2.24, 2.45) is 0 Å². The van der Waals surface area contributed by atoms with Gasteiger partial charge in [-0.25, -0.2) is 9.97 Å². The minimum absolute atomic E-state index is 0.146. The van der Waals surface area contributed by atoms with Gasteiger partial charge in [-0.15, -0.1) is 0 Å². The van der Waals surface area contributed by atoms with Gasteiger partial charge in [0.15, 0.2) is 5.82 Å². The Kier molecular flexibility index (Phi) is 6.76. The van der Waals surface area contributed by atoms with Gasteiger partial charge in [0.1, 0.15) is 11.5 Å². The molecule has 1 aliphatic rings. The summed E-state index contributed by atoms with van der Waals surface area (Å²) >= 11 is 0. The molecule has 144 valence electrons. The molecule has 6 nitrogen and oxygen atoms in total. The maximum absolute atomic E-state index is 12.7. The third-order valence-corrected chi connectivity index (χ3v) is 4.75. The van der Waals surface area contributed by atoms with E-state index in [1.807, 2.05) is 55.4 Å². The van der Waals surface area contributed by atoms with Crippen molar-refractivity contribution in [2.45, 2.75) is 25.7 Å². The fourth-order valence-electron chi connectivity index (χ4n) is 3.21. The van der Waals surface area contributed by atoms with Crippen molar-refractivity contribution in [1.29, 1.82) is 0 Å². The molecule has 0 radical (unpaired) electrons. The number of anilines is 1. The maximum atomic E-state index is 12.7. The maximum Gasteiger partial charge on any atom is 0.270 e. The lowest BCUT2D eigenvalue weighted by Crippen LogP contribution is -2.32. The molecule has 2 aromatic rings. The molecule has 1 aromatic carbocycles. The lowest BCUT2D eigenvalue weighted by atomic mass is 10.2. The van der Waals surface area contributed by atoms with Gasteiger partial charge in [0.25, 0.3) is 5.91 Å². The van der Waals surface area contributed by atoms with Gasteiger partial charge >= 0.3 is 0 Å². The minimum atomic E-state index is -0.146. The van der Waals surface area contributed by atoms with Gasteiger partial charge in [0, 0.05) is 37.8 Å². The van der Waals surface area contributed by atoms with Crippen LogP contribution in [0.15, 0.2) is 36.4 Å². The fourth-order valence-corrected chi connectivity index (χ4v) is 3.21. The van der Waals surface area contributed by atoms with Crippen LogP contribution in [-0.2, 0) is 0 Å². The third kappa shape index (κ3) is 5.50. The normalized spacial score (nSPS) is 14.9. The highest BCUT2D eigenvalue weighted by Crippen LogP contribution is 2.22. The van der Waals surface area contributed by atoms with Crippen molar-refractivity contribution in [2.75, 3.05) is 45.2 Å². The van der Waals surface area contributed by atoms with E-state index in [1.165, 1.54) is 12.8 Å². The van der Waals surface area contributed by atoms with Crippen LogP contribution in [0.1, 0.15) is 36.2 Å². The Bertz CT molecular complexity index is 739. The zero-order valence-electron chi connectivity index (χ0n) is 16.3. The van der Waals surface area contributed by atoms with Crippen molar-refractivity contribution in [3.8, 4) is 11.4 Å². The molecule has 6 heteroatoms. The molecule has 0 atom stereocenters. The largest absolute Gasteiger partial charge is 0.356 e. The molecule has 0 saturated carbocycles. The summed E-state index contributed by atoms with van der Waals surface area (Å²) in [6.45, 7) is 3.34. The van der Waals surface area contributed by atoms with Crippen LogP contribution in [0.5, 0.6) is 0 Å². The highest BCUT2D eigenvalue weighted by atomic mass is 16.1. The number of carbonyl (C=O) groups excluding carboxylic acids is 1. The van der Waals surface area contributed by atoms with E-state index in [4.69, 9.17) is 4.98 Å². The molecule has 1 fully saturated rings. The van der Waals surface area contributed by atoms with E-state index < -0.39 is 0 Å². The first-order chi connectivity index (χ1) is 13.1. The molecule has 3 rings (SSSR count). The summed E-state index contributed by atoms with van der Waals surface area (Å²) in [4.78, 5) is 26.3. The molecule has 1 aromatic heterocycles. The van der Waals surface area contributed by atoms with E-state index in [9.17, 15) is 4.79 Å². The van der Waals surface area contributed by atoms with Crippen LogP contribution >= 0.6 is 0 Å². The van der Waals surface area contributed by atoms with Gasteiger partial charge in [0.2, 0.25) is 0 Å². The average Bonchev–Trinajstić information content (AvgIpc) is 2.97. The van der Waals surface area contributed by atoms with Crippen LogP contribution in [0.2, 0.25) is 0 Å². The Hall–Kier alpha value is -2.47. The summed E-state index contributed by atoms with van der Waals surface area (Å²) in [6, 6.07) is 11.7. The smallest absolute Gasteiger partial charge is 0.270 e. The molecular formula is C21H29N5O. The molecule has 1 saturated heterocycles. The Balaban J connectivity index is 1.89. The highest BCUT2D eigenvalue weighted by molar-refractivity contribution is 5.93. The predicted octanol–water partition coefficient (Wildman–Crippen LogP) is 2.82. The number of rotatable bonds is 6. The van der Waals surface area contributed by atoms with Crippen molar-refractivity contribution >= 4 is 11.7 Å². The number of aromatic nitrogens is 2. The van der Waals surface area contributed by atoms with Crippen molar-refractivity contribution in [3.05, 3.63) is 42.1 Å². The van der Waals surface area contributed by atoms with Gasteiger partial charge in [-0.1, -0.05) is 43.2 Å². The Morgan fingerprint density at radius 2 is 1.78 bits per heavy atom. The second kappa shape index (κ2) is 9.46. The highest BCUT2D eigenvalue weighted by Gasteiger charge is 2.17. The van der Waals surface area contributed by atoms with E-state index >= 15 is 0 Å². The fraction of sp³-hybridized carbons (Fsp3) is 0.476. The monoisotopic (exact) mass is 367 g/mol. The SMILES string of the molecule is CN(C)CCNC(=O)c1cc(N2CCCCCC2)nc(-c2ccccc2)n1. The summed E-state index contributed by atoms with van der Waals surface area (Å²) in [5, 5.41) is 2.96. The van der Waals surface area contributed by atoms with Crippen molar-refractivity contribution in [1.82, 2.24) is 20.2 Å². The predicted molar refractivity (Wildman–Crippen MR) is 109 cm³/mol. The summed E-state index contributed by atoms with van der Waals surface area (Å²) in [5.41, 5.74) is 1.36. The number of nitrogens with one attached hydrogen (secondary N) is 1. The molecule has 0 aliphatic carbocycles. The number of amides is 1. The Morgan fingerprint density at radius 1 is 1.07 bits per heavy atom. The van der Waals surface area contributed by atoms with E-state index in [0.29, 0.717) is 18.1 Å². The van der Waals surface area contributed by atoms with Crippen LogP contribution in [0.3, 0.4) is 0 Å². The van der Waals surface area contributed by atoms with Crippen LogP contribution in [0.4, 0.5) is 5.82 Å². The zero-order chi connectivity index (χ0) is 19.1. The first kappa shape index (κ1) is 19.3. The molecular weight excluding hydrogens is 338 g/mol. The number of hydrogen-bond donors (Lipinski definition) is 1. The Morgan fingerprint density at radius 3 is 2.44 bits per heavy atom. The topological polar surface area (TPSA) is 61.4 Å². The summed E-state index contributed by atoms with van der Waals surface area (Å²) in [7, 11) is 3.98. The summed E-state index contributed by atoms with van der Waals surface area (Å²) in [5.74, 6) is 1.31. The quantitative estimate of drug-likeness (QED) is 0.851. The van der Waals surface area contributed by atoms with Gasteiger partial charge < -0.3 is 15.1 Å². The van der Waals surface area contributed by atoms with Gasteiger partial charge in [-0.2, -0.15) is 0 Å². The Labute approximate surface area is 161 Å². The van der Waals surface area contributed by atoms with Gasteiger partial charge in [0.05, 0.1) is 0 Å². The molecule has 1 aliphatic heterocycles. The van der Waals surface area contributed by atoms with Crippen molar-refractivity contribution in [3.63, 3.8) is 0 Å². The molecule has 0 unspecified atom stereocenters. The van der Waals surface area contributed by atoms with Crippen LogP contribution in [0, 0.1) is 0 Å². The van der Waals surface area contributed by atoms with E-state index in [0.717, 1.165) is 43.9 Å². The van der Waals surface area contributed by atoms with E-state index in [1.54, 1.807) is 0 Å². The lowest BCUT2D eigenvalue weighted by molar-refractivity contribution is 0.0946. The lowest BCUT2D eigenvalue weighted by Gasteiger charge is -2.22. The first-order valence-corrected chi connectivity index (χ1v) is 9.76. The number of carbonyl (C=O) groups is 1. The second-order valence-corrected chi connectivity index (χ2v) is 7.26. The molecule has 0 bridgehead atoms. The molecule has 2 heterocycles. The molecule has 1 N–H and O–H groups in total. The van der Waals surface area contributed by atoms with Crippen LogP contribution in [-0.4, -0.2) is 61.0 Å². The molecule has 0 spiro atoms. The minimum Gasteiger partial charge on any atom is -0.356 e. The third-order valence-electron chi connectivity index (χ3n) is 4.75. The number of nitrogens with zero attached hydrogens (tertiary/aromatic N) is 4. The molecule has 27 heavy (non-hydrogen) atoms. The number of likely N-dealkylation sites (N-methyl/N-ethyl adjacent to an activating group) is 1. The second-order valence-electron chi connectivity index (χ2n) is 7.26. The number of hydrogen-bond acceptors (Lipinski definition) is 5. The standard InChI is InChI=1S/C21H29N5O/c1-25(2)15-12-22-21(27)18-16-19(26-13-8-3-4-9-14-26)24-20(23-18)17-10-6-5-7-11-17/h5-7,10-11,16H,3-4,8-9,12-15H2,1-2H3,(H,22,27). The molecule has 1 amide bonds. The van der Waals surface area contributed by atoms with E-state index in [2.05, 4.69) is 15.2 Å². The summed E-state index contributed by atoms with van der Waals surface area (Å²) < 4.78 is 0. The number of benzene rings is 1. The van der Waals surface area contributed by atoms with Crippen LogP contribution in [0.25, 0.3) is 11.4 Å². The zero-order valence-corrected chi connectivity index (χ0v) is 16.3. The summed E-state index contributed by atoms with van der Waals surface area (Å²) in [6.07, 6.45) is 4.83. The van der Waals surface area contributed by atoms with Crippen molar-refractivity contribution < 1.29 is 4.79 Å². The van der Waals surface area contributed by atoms with Gasteiger partial charge in [-0.05, 0) is 26.9 Å². The average molecular weight is 367 g/mol. The van der Waals surface area contributed by atoms with Gasteiger partial charge in [-0.3, -0.25) is 4.79 Å².